The van der Waals surface area contributed by atoms with Crippen LogP contribution in [0.25, 0.3) is 0 Å². The Bertz CT molecular complexity index is 1060. The molecule has 2 saturated heterocycles. The summed E-state index contributed by atoms with van der Waals surface area (Å²) >= 11 is 0. The molecule has 4 heterocycles. The van der Waals surface area contributed by atoms with Gasteiger partial charge in [0.2, 0.25) is 17.6 Å². The molecular formula is C23H24N2O7. The molecule has 2 fully saturated rings. The molecule has 1 spiro atoms. The van der Waals surface area contributed by atoms with Crippen LogP contribution >= 0.6 is 0 Å². The summed E-state index contributed by atoms with van der Waals surface area (Å²) in [5.74, 6) is 0.313. The molecule has 2 amide bonds. The Morgan fingerprint density at radius 2 is 1.97 bits per heavy atom. The maximum atomic E-state index is 13.3. The fourth-order valence-corrected chi connectivity index (χ4v) is 4.98. The average molecular weight is 440 g/mol. The molecule has 9 nitrogen and oxygen atoms in total. The number of amides is 2. The van der Waals surface area contributed by atoms with Crippen molar-refractivity contribution in [2.24, 2.45) is 11.8 Å². The lowest BCUT2D eigenvalue weighted by Crippen LogP contribution is -2.41. The summed E-state index contributed by atoms with van der Waals surface area (Å²) in [5.41, 5.74) is -0.311. The number of carbonyl (C=O) groups is 2. The number of anilines is 1. The summed E-state index contributed by atoms with van der Waals surface area (Å²) in [7, 11) is 4.52. The van der Waals surface area contributed by atoms with Gasteiger partial charge in [-0.3, -0.25) is 9.59 Å². The van der Waals surface area contributed by atoms with Crippen molar-refractivity contribution in [1.82, 2.24) is 4.90 Å². The predicted octanol–water partition coefficient (Wildman–Crippen LogP) is 2.23. The number of likely N-dealkylation sites (tertiary alicyclic amines) is 1. The highest BCUT2D eigenvalue weighted by atomic mass is 16.5. The fourth-order valence-electron chi connectivity index (χ4n) is 4.98. The number of rotatable bonds is 7. The van der Waals surface area contributed by atoms with Gasteiger partial charge in [0.15, 0.2) is 11.5 Å². The van der Waals surface area contributed by atoms with Crippen molar-refractivity contribution in [1.29, 1.82) is 0 Å². The van der Waals surface area contributed by atoms with Crippen molar-refractivity contribution < 1.29 is 33.0 Å². The highest BCUT2D eigenvalue weighted by Gasteiger charge is 2.66. The van der Waals surface area contributed by atoms with Crippen LogP contribution in [0.1, 0.15) is 5.76 Å². The Kier molecular flexibility index (Phi) is 4.85. The predicted molar refractivity (Wildman–Crippen MR) is 113 cm³/mol. The molecule has 3 aliphatic rings. The summed E-state index contributed by atoms with van der Waals surface area (Å²) in [6.45, 7) is 0.728. The lowest BCUT2D eigenvalue weighted by molar-refractivity contribution is -0.136. The number of methoxy groups -OCH3 is 3. The third kappa shape index (κ3) is 3.03. The normalized spacial score (nSPS) is 27.5. The number of fused-ring (bicyclic) bond motifs is 1. The van der Waals surface area contributed by atoms with Gasteiger partial charge < -0.3 is 33.6 Å². The van der Waals surface area contributed by atoms with Gasteiger partial charge in [0.25, 0.3) is 0 Å². The van der Waals surface area contributed by atoms with Crippen LogP contribution in [0.2, 0.25) is 0 Å². The van der Waals surface area contributed by atoms with Gasteiger partial charge in [-0.05, 0) is 12.1 Å². The molecule has 3 aliphatic heterocycles. The highest BCUT2D eigenvalue weighted by Crippen LogP contribution is 2.52. The quantitative estimate of drug-likeness (QED) is 0.659. The van der Waals surface area contributed by atoms with Gasteiger partial charge in [0, 0.05) is 17.8 Å². The van der Waals surface area contributed by atoms with E-state index in [0.717, 1.165) is 0 Å². The number of benzene rings is 1. The minimum absolute atomic E-state index is 0.113. The topological polar surface area (TPSA) is 99.5 Å². The van der Waals surface area contributed by atoms with Crippen molar-refractivity contribution in [3.8, 4) is 17.2 Å². The monoisotopic (exact) mass is 440 g/mol. The zero-order valence-corrected chi connectivity index (χ0v) is 18.0. The highest BCUT2D eigenvalue weighted by molar-refractivity contribution is 5.99. The molecule has 0 radical (unpaired) electrons. The minimum Gasteiger partial charge on any atom is -0.493 e. The summed E-state index contributed by atoms with van der Waals surface area (Å²) in [5, 5.41) is 2.90. The molecule has 9 heteroatoms. The third-order valence-electron chi connectivity index (χ3n) is 6.34. The molecule has 0 unspecified atom stereocenters. The van der Waals surface area contributed by atoms with E-state index >= 15 is 0 Å². The average Bonchev–Trinajstić information content (AvgIpc) is 3.56. The Hall–Kier alpha value is -3.46. The minimum atomic E-state index is -0.786. The molecule has 1 N–H and O–H groups in total. The van der Waals surface area contributed by atoms with Crippen molar-refractivity contribution in [3.05, 3.63) is 48.4 Å². The number of carbonyl (C=O) groups excluding carboxylic acids is 2. The summed E-state index contributed by atoms with van der Waals surface area (Å²) in [6, 6.07) is 6.91. The SMILES string of the molecule is COc1cc(NC(=O)[C@@H]2[C@H]3C(=O)N(Cc4ccco4)C[C@]34C=C[C@H]2O4)cc(OC)c1OC. The second kappa shape index (κ2) is 7.59. The summed E-state index contributed by atoms with van der Waals surface area (Å²) < 4.78 is 27.6. The van der Waals surface area contributed by atoms with Gasteiger partial charge >= 0.3 is 0 Å². The summed E-state index contributed by atoms with van der Waals surface area (Å²) in [6.07, 6.45) is 4.92. The molecule has 5 rings (SSSR count). The van der Waals surface area contributed by atoms with E-state index in [1.165, 1.54) is 21.3 Å². The van der Waals surface area contributed by atoms with Gasteiger partial charge in [-0.1, -0.05) is 12.2 Å². The van der Waals surface area contributed by atoms with E-state index in [9.17, 15) is 9.59 Å². The lowest BCUT2D eigenvalue weighted by Gasteiger charge is -2.23. The van der Waals surface area contributed by atoms with Crippen molar-refractivity contribution in [3.63, 3.8) is 0 Å². The van der Waals surface area contributed by atoms with E-state index in [0.29, 0.717) is 41.8 Å². The Labute approximate surface area is 184 Å². The summed E-state index contributed by atoms with van der Waals surface area (Å²) in [4.78, 5) is 28.3. The number of hydrogen-bond donors (Lipinski definition) is 1. The number of nitrogens with one attached hydrogen (secondary N) is 1. The second-order valence-electron chi connectivity index (χ2n) is 8.08. The van der Waals surface area contributed by atoms with Crippen molar-refractivity contribution >= 4 is 17.5 Å². The Morgan fingerprint density at radius 1 is 1.22 bits per heavy atom. The van der Waals surface area contributed by atoms with Gasteiger partial charge in [0.1, 0.15) is 11.4 Å². The van der Waals surface area contributed by atoms with E-state index < -0.39 is 23.5 Å². The van der Waals surface area contributed by atoms with Crippen LogP contribution in [-0.4, -0.2) is 56.3 Å². The number of ether oxygens (including phenoxy) is 4. The largest absolute Gasteiger partial charge is 0.493 e. The molecular weight excluding hydrogens is 416 g/mol. The van der Waals surface area contributed by atoms with Gasteiger partial charge in [-0.2, -0.15) is 0 Å². The van der Waals surface area contributed by atoms with Crippen LogP contribution in [0.4, 0.5) is 5.69 Å². The zero-order chi connectivity index (χ0) is 22.5. The first kappa shape index (κ1) is 20.4. The zero-order valence-electron chi connectivity index (χ0n) is 18.0. The van der Waals surface area contributed by atoms with Gasteiger partial charge in [-0.15, -0.1) is 0 Å². The molecule has 168 valence electrons. The first-order chi connectivity index (χ1) is 15.5. The fraction of sp³-hybridized carbons (Fsp3) is 0.391. The molecule has 1 aromatic carbocycles. The van der Waals surface area contributed by atoms with E-state index in [1.54, 1.807) is 29.4 Å². The maximum Gasteiger partial charge on any atom is 0.231 e. The van der Waals surface area contributed by atoms with Crippen molar-refractivity contribution in [2.45, 2.75) is 18.2 Å². The standard InChI is InChI=1S/C23H24N2O7/c1-28-16-9-13(10-17(29-2)20(16)30-3)24-21(26)18-15-6-7-23(32-15)12-25(22(27)19(18)23)11-14-5-4-8-31-14/h4-10,15,18-19H,11-12H2,1-3H3,(H,24,26)/t15-,18+,19+,23-/m1/s1. The van der Waals surface area contributed by atoms with Crippen LogP contribution in [0, 0.1) is 11.8 Å². The maximum absolute atomic E-state index is 13.3. The van der Waals surface area contributed by atoms with Crippen LogP contribution < -0.4 is 19.5 Å². The molecule has 2 bridgehead atoms. The van der Waals surface area contributed by atoms with E-state index in [-0.39, 0.29) is 11.8 Å². The molecule has 1 aromatic heterocycles. The lowest BCUT2D eigenvalue weighted by atomic mass is 9.77. The second-order valence-corrected chi connectivity index (χ2v) is 8.08. The third-order valence-corrected chi connectivity index (χ3v) is 6.34. The van der Waals surface area contributed by atoms with Gasteiger partial charge in [-0.25, -0.2) is 0 Å². The molecule has 0 saturated carbocycles. The number of hydrogen-bond acceptors (Lipinski definition) is 7. The van der Waals surface area contributed by atoms with Gasteiger partial charge in [0.05, 0.1) is 58.6 Å². The van der Waals surface area contributed by atoms with Crippen molar-refractivity contribution in [2.75, 3.05) is 33.2 Å². The van der Waals surface area contributed by atoms with E-state index in [4.69, 9.17) is 23.4 Å². The van der Waals surface area contributed by atoms with Crippen LogP contribution in [0.3, 0.4) is 0 Å². The Morgan fingerprint density at radius 3 is 2.59 bits per heavy atom. The first-order valence-corrected chi connectivity index (χ1v) is 10.3. The first-order valence-electron chi connectivity index (χ1n) is 10.3. The number of nitrogens with zero attached hydrogens (tertiary/aromatic N) is 1. The van der Waals surface area contributed by atoms with Crippen LogP contribution in [0.5, 0.6) is 17.2 Å². The molecule has 0 aliphatic carbocycles. The van der Waals surface area contributed by atoms with Crippen LogP contribution in [0.15, 0.2) is 47.1 Å². The van der Waals surface area contributed by atoms with Crippen LogP contribution in [-0.2, 0) is 20.9 Å². The van der Waals surface area contributed by atoms with E-state index in [2.05, 4.69) is 5.32 Å². The number of furan rings is 1. The molecule has 4 atom stereocenters. The van der Waals surface area contributed by atoms with E-state index in [1.807, 2.05) is 18.2 Å². The molecule has 32 heavy (non-hydrogen) atoms. The smallest absolute Gasteiger partial charge is 0.231 e. The molecule has 2 aromatic rings. The Balaban J connectivity index is 1.39.